The van der Waals surface area contributed by atoms with E-state index in [0.717, 1.165) is 25.9 Å². The molecule has 2 fully saturated rings. The molecule has 0 bridgehead atoms. The largest absolute Gasteiger partial charge is 0.316 e. The molecular formula is C7H15N3O2S. The van der Waals surface area contributed by atoms with Gasteiger partial charge in [0.15, 0.2) is 0 Å². The van der Waals surface area contributed by atoms with Gasteiger partial charge in [-0.3, -0.25) is 0 Å². The van der Waals surface area contributed by atoms with E-state index in [2.05, 4.69) is 5.32 Å². The van der Waals surface area contributed by atoms with Gasteiger partial charge in [0, 0.05) is 26.2 Å². The first-order valence-electron chi connectivity index (χ1n) is 4.39. The molecule has 0 aromatic carbocycles. The first-order chi connectivity index (χ1) is 5.93. The summed E-state index contributed by atoms with van der Waals surface area (Å²) in [7, 11) is -1.93. The van der Waals surface area contributed by atoms with E-state index in [1.54, 1.807) is 7.05 Å². The van der Waals surface area contributed by atoms with Crippen molar-refractivity contribution >= 4 is 10.2 Å². The van der Waals surface area contributed by atoms with E-state index in [1.165, 1.54) is 4.31 Å². The fourth-order valence-corrected chi connectivity index (χ4v) is 2.74. The molecule has 0 aromatic heterocycles. The van der Waals surface area contributed by atoms with Gasteiger partial charge in [-0.2, -0.15) is 12.7 Å². The average molecular weight is 205 g/mol. The van der Waals surface area contributed by atoms with Crippen molar-refractivity contribution in [1.82, 2.24) is 9.62 Å². The molecule has 1 heterocycles. The minimum Gasteiger partial charge on any atom is -0.316 e. The highest BCUT2D eigenvalue weighted by Crippen LogP contribution is 2.46. The molecule has 1 spiro atoms. The van der Waals surface area contributed by atoms with Crippen molar-refractivity contribution in [2.75, 3.05) is 20.1 Å². The first-order valence-corrected chi connectivity index (χ1v) is 5.90. The second-order valence-electron chi connectivity index (χ2n) is 4.23. The highest BCUT2D eigenvalue weighted by Gasteiger charge is 2.51. The van der Waals surface area contributed by atoms with Crippen LogP contribution in [0.4, 0.5) is 0 Å². The summed E-state index contributed by atoms with van der Waals surface area (Å²) in [5.41, 5.74) is 0.392. The maximum Gasteiger partial charge on any atom is 0.276 e. The lowest BCUT2D eigenvalue weighted by Crippen LogP contribution is -2.65. The second kappa shape index (κ2) is 2.66. The van der Waals surface area contributed by atoms with Crippen molar-refractivity contribution in [1.29, 1.82) is 0 Å². The highest BCUT2D eigenvalue weighted by atomic mass is 32.2. The predicted octanol–water partition coefficient (Wildman–Crippen LogP) is -1.13. The molecule has 13 heavy (non-hydrogen) atoms. The molecular weight excluding hydrogens is 190 g/mol. The van der Waals surface area contributed by atoms with Gasteiger partial charge in [-0.05, 0) is 18.3 Å². The van der Waals surface area contributed by atoms with Crippen molar-refractivity contribution < 1.29 is 8.42 Å². The lowest BCUT2D eigenvalue weighted by molar-refractivity contribution is -0.000320. The van der Waals surface area contributed by atoms with E-state index >= 15 is 0 Å². The van der Waals surface area contributed by atoms with E-state index < -0.39 is 10.2 Å². The topological polar surface area (TPSA) is 75.4 Å². The van der Waals surface area contributed by atoms with Gasteiger partial charge in [-0.25, -0.2) is 5.14 Å². The molecule has 0 radical (unpaired) electrons. The van der Waals surface area contributed by atoms with Crippen molar-refractivity contribution in [3.05, 3.63) is 0 Å². The lowest BCUT2D eigenvalue weighted by Gasteiger charge is -2.55. The molecule has 0 aromatic rings. The molecule has 2 aliphatic rings. The number of nitrogens with one attached hydrogen (secondary N) is 1. The van der Waals surface area contributed by atoms with Crippen molar-refractivity contribution in [3.8, 4) is 0 Å². The number of hydrogen-bond acceptors (Lipinski definition) is 3. The number of nitrogens with zero attached hydrogens (tertiary/aromatic N) is 1. The Kier molecular flexibility index (Phi) is 1.92. The van der Waals surface area contributed by atoms with Crippen LogP contribution in [0.2, 0.25) is 0 Å². The van der Waals surface area contributed by atoms with Crippen molar-refractivity contribution in [2.45, 2.75) is 18.9 Å². The Morgan fingerprint density at radius 2 is 2.00 bits per heavy atom. The Morgan fingerprint density at radius 3 is 2.31 bits per heavy atom. The van der Waals surface area contributed by atoms with Crippen LogP contribution < -0.4 is 10.5 Å². The molecule has 1 saturated carbocycles. The Labute approximate surface area is 78.5 Å². The van der Waals surface area contributed by atoms with Crippen LogP contribution >= 0.6 is 0 Å². The van der Waals surface area contributed by atoms with E-state index in [9.17, 15) is 8.42 Å². The SMILES string of the molecule is CN(C1CC2(CNC2)C1)S(N)(=O)=O. The molecule has 2 rings (SSSR count). The summed E-state index contributed by atoms with van der Waals surface area (Å²) in [5, 5.41) is 8.22. The molecule has 0 amide bonds. The normalized spacial score (nSPS) is 27.3. The van der Waals surface area contributed by atoms with Gasteiger partial charge in [0.05, 0.1) is 0 Å². The minimum atomic E-state index is -3.48. The summed E-state index contributed by atoms with van der Waals surface area (Å²) in [6.07, 6.45) is 1.90. The predicted molar refractivity (Wildman–Crippen MR) is 49.2 cm³/mol. The smallest absolute Gasteiger partial charge is 0.276 e. The van der Waals surface area contributed by atoms with Crippen LogP contribution in [0, 0.1) is 5.41 Å². The van der Waals surface area contributed by atoms with Crippen LogP contribution in [0.25, 0.3) is 0 Å². The molecule has 0 atom stereocenters. The van der Waals surface area contributed by atoms with Crippen LogP contribution in [0.3, 0.4) is 0 Å². The zero-order valence-electron chi connectivity index (χ0n) is 7.66. The van der Waals surface area contributed by atoms with Gasteiger partial charge < -0.3 is 5.32 Å². The summed E-state index contributed by atoms with van der Waals surface area (Å²) < 4.78 is 23.2. The van der Waals surface area contributed by atoms with Crippen LogP contribution in [0.15, 0.2) is 0 Å². The Balaban J connectivity index is 1.93. The molecule has 1 aliphatic heterocycles. The van der Waals surface area contributed by atoms with Gasteiger partial charge in [-0.15, -0.1) is 0 Å². The maximum absolute atomic E-state index is 11.0. The zero-order chi connectivity index (χ0) is 9.69. The van der Waals surface area contributed by atoms with Crippen LogP contribution in [0.5, 0.6) is 0 Å². The second-order valence-corrected chi connectivity index (χ2v) is 5.83. The van der Waals surface area contributed by atoms with Gasteiger partial charge >= 0.3 is 0 Å². The third-order valence-corrected chi connectivity index (χ3v) is 4.35. The van der Waals surface area contributed by atoms with Gasteiger partial charge in [0.2, 0.25) is 0 Å². The average Bonchev–Trinajstić information content (AvgIpc) is 1.78. The molecule has 5 nitrogen and oxygen atoms in total. The third kappa shape index (κ3) is 1.48. The Bertz CT molecular complexity index is 302. The summed E-state index contributed by atoms with van der Waals surface area (Å²) in [5.74, 6) is 0. The van der Waals surface area contributed by atoms with E-state index in [-0.39, 0.29) is 6.04 Å². The van der Waals surface area contributed by atoms with Crippen molar-refractivity contribution in [3.63, 3.8) is 0 Å². The zero-order valence-corrected chi connectivity index (χ0v) is 8.47. The Morgan fingerprint density at radius 1 is 1.46 bits per heavy atom. The molecule has 76 valence electrons. The molecule has 3 N–H and O–H groups in total. The summed E-state index contributed by atoms with van der Waals surface area (Å²) >= 11 is 0. The fourth-order valence-electron chi connectivity index (χ4n) is 2.17. The summed E-state index contributed by atoms with van der Waals surface area (Å²) in [6.45, 7) is 2.06. The maximum atomic E-state index is 11.0. The molecule has 0 unspecified atom stereocenters. The molecule has 6 heteroatoms. The highest BCUT2D eigenvalue weighted by molar-refractivity contribution is 7.86. The van der Waals surface area contributed by atoms with Crippen molar-refractivity contribution in [2.24, 2.45) is 10.6 Å². The monoisotopic (exact) mass is 205 g/mol. The summed E-state index contributed by atoms with van der Waals surface area (Å²) in [6, 6.07) is 0.122. The first kappa shape index (κ1) is 9.39. The molecule has 1 saturated heterocycles. The quantitative estimate of drug-likeness (QED) is 0.599. The number of hydrogen-bond donors (Lipinski definition) is 2. The number of rotatable bonds is 2. The van der Waals surface area contributed by atoms with E-state index in [4.69, 9.17) is 5.14 Å². The standard InChI is InChI=1S/C7H15N3O2S/c1-10(13(8,11)12)6-2-7(3-6)4-9-5-7/h6,9H,2-5H2,1H3,(H2,8,11,12). The molecule has 1 aliphatic carbocycles. The lowest BCUT2D eigenvalue weighted by atomic mass is 9.62. The van der Waals surface area contributed by atoms with E-state index in [1.807, 2.05) is 0 Å². The van der Waals surface area contributed by atoms with Crippen LogP contribution in [-0.2, 0) is 10.2 Å². The van der Waals surface area contributed by atoms with E-state index in [0.29, 0.717) is 5.41 Å². The minimum absolute atomic E-state index is 0.122. The summed E-state index contributed by atoms with van der Waals surface area (Å²) in [4.78, 5) is 0. The number of nitrogens with two attached hydrogens (primary N) is 1. The van der Waals surface area contributed by atoms with Gasteiger partial charge in [0.25, 0.3) is 10.2 Å². The van der Waals surface area contributed by atoms with Gasteiger partial charge in [-0.1, -0.05) is 0 Å². The van der Waals surface area contributed by atoms with Crippen LogP contribution in [-0.4, -0.2) is 38.9 Å². The third-order valence-electron chi connectivity index (χ3n) is 3.25. The van der Waals surface area contributed by atoms with Crippen LogP contribution in [0.1, 0.15) is 12.8 Å². The Hall–Kier alpha value is -0.170. The fraction of sp³-hybridized carbons (Fsp3) is 1.00. The van der Waals surface area contributed by atoms with Gasteiger partial charge in [0.1, 0.15) is 0 Å².